The summed E-state index contributed by atoms with van der Waals surface area (Å²) in [6.45, 7) is 1.83. The van der Waals surface area contributed by atoms with Gasteiger partial charge in [-0.1, -0.05) is 40.2 Å². The van der Waals surface area contributed by atoms with Crippen molar-refractivity contribution in [2.45, 2.75) is 16.6 Å². The largest absolute Gasteiger partial charge is 0.371 e. The summed E-state index contributed by atoms with van der Waals surface area (Å²) in [4.78, 5) is 6.07. The summed E-state index contributed by atoms with van der Waals surface area (Å²) in [6, 6.07) is 15.4. The minimum atomic E-state index is 0.228. The smallest absolute Gasteiger partial charge is 0.109 e. The SMILES string of the molecule is Brc1ccc2c(c1)[C@H](C1=NCCN1)c1ccccc1CS2. The molecule has 2 nitrogen and oxygen atoms in total. The lowest BCUT2D eigenvalue weighted by molar-refractivity contribution is 0.925. The van der Waals surface area contributed by atoms with Crippen molar-refractivity contribution in [2.24, 2.45) is 4.99 Å². The third kappa shape index (κ3) is 2.40. The number of halogens is 1. The Morgan fingerprint density at radius 1 is 1.14 bits per heavy atom. The van der Waals surface area contributed by atoms with Crippen LogP contribution in [0.15, 0.2) is 56.8 Å². The zero-order valence-electron chi connectivity index (χ0n) is 11.5. The summed E-state index contributed by atoms with van der Waals surface area (Å²) in [7, 11) is 0. The molecule has 4 rings (SSSR count). The summed E-state index contributed by atoms with van der Waals surface area (Å²) in [5, 5.41) is 3.48. The number of thioether (sulfide) groups is 1. The van der Waals surface area contributed by atoms with Crippen molar-refractivity contribution >= 4 is 33.5 Å². The zero-order valence-corrected chi connectivity index (χ0v) is 13.9. The lowest BCUT2D eigenvalue weighted by Gasteiger charge is -2.20. The van der Waals surface area contributed by atoms with E-state index in [-0.39, 0.29) is 5.92 Å². The molecule has 4 heteroatoms. The number of nitrogens with one attached hydrogen (secondary N) is 1. The van der Waals surface area contributed by atoms with Crippen molar-refractivity contribution in [1.82, 2.24) is 5.32 Å². The van der Waals surface area contributed by atoms with Crippen LogP contribution in [0, 0.1) is 0 Å². The van der Waals surface area contributed by atoms with Gasteiger partial charge >= 0.3 is 0 Å². The molecule has 0 saturated heterocycles. The van der Waals surface area contributed by atoms with Gasteiger partial charge in [-0.05, 0) is 34.9 Å². The number of fused-ring (bicyclic) bond motifs is 2. The van der Waals surface area contributed by atoms with E-state index in [2.05, 4.69) is 63.7 Å². The van der Waals surface area contributed by atoms with E-state index in [0.29, 0.717) is 0 Å². The fourth-order valence-corrected chi connectivity index (χ4v) is 4.51. The summed E-state index contributed by atoms with van der Waals surface area (Å²) >= 11 is 5.54. The molecule has 1 atom stereocenters. The van der Waals surface area contributed by atoms with Gasteiger partial charge in [0.15, 0.2) is 0 Å². The molecule has 106 valence electrons. The summed E-state index contributed by atoms with van der Waals surface area (Å²) in [6.07, 6.45) is 0. The van der Waals surface area contributed by atoms with Gasteiger partial charge in [-0.3, -0.25) is 4.99 Å². The van der Waals surface area contributed by atoms with E-state index in [4.69, 9.17) is 4.99 Å². The van der Waals surface area contributed by atoms with Crippen LogP contribution in [0.5, 0.6) is 0 Å². The van der Waals surface area contributed by atoms with Gasteiger partial charge in [0.25, 0.3) is 0 Å². The van der Waals surface area contributed by atoms with E-state index < -0.39 is 0 Å². The Hall–Kier alpha value is -1.26. The maximum atomic E-state index is 4.71. The van der Waals surface area contributed by atoms with Crippen LogP contribution in [0.2, 0.25) is 0 Å². The molecule has 0 saturated carbocycles. The normalized spacial score (nSPS) is 20.0. The van der Waals surface area contributed by atoms with E-state index in [0.717, 1.165) is 29.2 Å². The van der Waals surface area contributed by atoms with E-state index in [9.17, 15) is 0 Å². The summed E-state index contributed by atoms with van der Waals surface area (Å²) in [5.74, 6) is 2.37. The van der Waals surface area contributed by atoms with Gasteiger partial charge in [-0.25, -0.2) is 0 Å². The second kappa shape index (κ2) is 5.50. The van der Waals surface area contributed by atoms with Crippen molar-refractivity contribution in [3.63, 3.8) is 0 Å². The quantitative estimate of drug-likeness (QED) is 0.826. The number of aliphatic imine (C=N–C) groups is 1. The third-order valence-corrected chi connectivity index (χ3v) is 5.64. The van der Waals surface area contributed by atoms with Crippen LogP contribution in [0.25, 0.3) is 0 Å². The second-order valence-electron chi connectivity index (χ2n) is 5.30. The van der Waals surface area contributed by atoms with Crippen molar-refractivity contribution in [2.75, 3.05) is 13.1 Å². The lowest BCUT2D eigenvalue weighted by Crippen LogP contribution is -2.27. The topological polar surface area (TPSA) is 24.4 Å². The minimum Gasteiger partial charge on any atom is -0.371 e. The van der Waals surface area contributed by atoms with Crippen LogP contribution in [-0.2, 0) is 5.75 Å². The fraction of sp³-hybridized carbons (Fsp3) is 0.235. The van der Waals surface area contributed by atoms with Crippen molar-refractivity contribution in [3.8, 4) is 0 Å². The first-order valence-corrected chi connectivity index (χ1v) is 8.89. The maximum absolute atomic E-state index is 4.71. The second-order valence-corrected chi connectivity index (χ2v) is 7.23. The van der Waals surface area contributed by atoms with Crippen LogP contribution >= 0.6 is 27.7 Å². The molecular weight excluding hydrogens is 344 g/mol. The number of rotatable bonds is 1. The molecule has 21 heavy (non-hydrogen) atoms. The molecule has 0 unspecified atom stereocenters. The lowest BCUT2D eigenvalue weighted by atomic mass is 9.87. The summed E-state index contributed by atoms with van der Waals surface area (Å²) < 4.78 is 1.13. The number of hydrogen-bond donors (Lipinski definition) is 1. The Kier molecular flexibility index (Phi) is 3.51. The minimum absolute atomic E-state index is 0.228. The Morgan fingerprint density at radius 2 is 2.05 bits per heavy atom. The highest BCUT2D eigenvalue weighted by molar-refractivity contribution is 9.10. The molecule has 2 heterocycles. The molecule has 0 bridgehead atoms. The molecule has 0 radical (unpaired) electrons. The highest BCUT2D eigenvalue weighted by Crippen LogP contribution is 2.42. The van der Waals surface area contributed by atoms with Gasteiger partial charge in [0.1, 0.15) is 5.84 Å². The van der Waals surface area contributed by atoms with Crippen LogP contribution in [0.3, 0.4) is 0 Å². The summed E-state index contributed by atoms with van der Waals surface area (Å²) in [5.41, 5.74) is 4.15. The van der Waals surface area contributed by atoms with Gasteiger partial charge in [0.05, 0.1) is 12.5 Å². The van der Waals surface area contributed by atoms with Crippen molar-refractivity contribution in [1.29, 1.82) is 0 Å². The Labute approximate surface area is 137 Å². The Balaban J connectivity index is 1.95. The number of benzene rings is 2. The van der Waals surface area contributed by atoms with Crippen molar-refractivity contribution < 1.29 is 0 Å². The monoisotopic (exact) mass is 358 g/mol. The molecule has 2 aliphatic heterocycles. The van der Waals surface area contributed by atoms with Gasteiger partial charge < -0.3 is 5.32 Å². The molecule has 1 N–H and O–H groups in total. The first-order valence-electron chi connectivity index (χ1n) is 7.11. The maximum Gasteiger partial charge on any atom is 0.109 e. The predicted molar refractivity (Wildman–Crippen MR) is 92.3 cm³/mol. The highest BCUT2D eigenvalue weighted by atomic mass is 79.9. The number of hydrogen-bond acceptors (Lipinski definition) is 3. The number of nitrogens with zero attached hydrogens (tertiary/aromatic N) is 1. The first kappa shape index (κ1) is 13.4. The van der Waals surface area contributed by atoms with Crippen molar-refractivity contribution in [3.05, 3.63) is 63.6 Å². The van der Waals surface area contributed by atoms with Gasteiger partial charge in [0.2, 0.25) is 0 Å². The molecule has 0 amide bonds. The molecule has 0 aromatic heterocycles. The first-order chi connectivity index (χ1) is 10.3. The van der Waals surface area contributed by atoms with Gasteiger partial charge in [0, 0.05) is 21.7 Å². The molecule has 2 aromatic carbocycles. The average Bonchev–Trinajstić information content (AvgIpc) is 2.97. The molecule has 0 fully saturated rings. The van der Waals surface area contributed by atoms with E-state index >= 15 is 0 Å². The molecule has 2 aliphatic rings. The van der Waals surface area contributed by atoms with Gasteiger partial charge in [-0.15, -0.1) is 11.8 Å². The Morgan fingerprint density at radius 3 is 2.90 bits per heavy atom. The van der Waals surface area contributed by atoms with Gasteiger partial charge in [-0.2, -0.15) is 0 Å². The Bertz CT molecular complexity index is 726. The third-order valence-electron chi connectivity index (χ3n) is 4.01. The van der Waals surface area contributed by atoms with Crippen LogP contribution in [-0.4, -0.2) is 18.9 Å². The van der Waals surface area contributed by atoms with E-state index in [1.54, 1.807) is 0 Å². The highest BCUT2D eigenvalue weighted by Gasteiger charge is 2.29. The standard InChI is InChI=1S/C17H15BrN2S/c18-12-5-6-15-14(9-12)16(17-19-7-8-20-17)13-4-2-1-3-11(13)10-21-15/h1-6,9,16H,7-8,10H2,(H,19,20)/t16-/m1/s1. The van der Waals surface area contributed by atoms with Crippen LogP contribution in [0.1, 0.15) is 22.6 Å². The molecular formula is C17H15BrN2S. The van der Waals surface area contributed by atoms with Crippen LogP contribution in [0.4, 0.5) is 0 Å². The molecule has 0 spiro atoms. The van der Waals surface area contributed by atoms with Crippen LogP contribution < -0.4 is 5.32 Å². The molecule has 2 aromatic rings. The fourth-order valence-electron chi connectivity index (χ4n) is 3.05. The molecule has 0 aliphatic carbocycles. The van der Waals surface area contributed by atoms with E-state index in [1.165, 1.54) is 21.6 Å². The average molecular weight is 359 g/mol. The predicted octanol–water partition coefficient (Wildman–Crippen LogP) is 4.19. The number of amidine groups is 1. The van der Waals surface area contributed by atoms with E-state index in [1.807, 2.05) is 11.8 Å². The zero-order chi connectivity index (χ0) is 14.2.